The van der Waals surface area contributed by atoms with Gasteiger partial charge in [0.1, 0.15) is 0 Å². The highest BCUT2D eigenvalue weighted by Crippen LogP contribution is 2.26. The van der Waals surface area contributed by atoms with Crippen LogP contribution in [-0.2, 0) is 14.8 Å². The lowest BCUT2D eigenvalue weighted by molar-refractivity contribution is -0.385. The molecule has 1 fully saturated rings. The topological polar surface area (TPSA) is 125 Å². The summed E-state index contributed by atoms with van der Waals surface area (Å²) in [6.07, 6.45) is 1.21. The Morgan fingerprint density at radius 2 is 1.89 bits per heavy atom. The Balaban J connectivity index is 1.93. The van der Waals surface area contributed by atoms with Gasteiger partial charge in [0.25, 0.3) is 5.69 Å². The number of benzene rings is 2. The highest BCUT2D eigenvalue weighted by Gasteiger charge is 2.26. The lowest BCUT2D eigenvalue weighted by Gasteiger charge is -2.26. The average molecular weight is 404 g/mol. The molecule has 1 aliphatic rings. The quantitative estimate of drug-likeness (QED) is 0.425. The molecule has 0 spiro atoms. The summed E-state index contributed by atoms with van der Waals surface area (Å²) in [6.45, 7) is 3.00. The molecule has 1 aliphatic heterocycles. The molecular formula is C18H18N3O6S-. The minimum absolute atomic E-state index is 0.0510. The SMILES string of the molecule is Cc1ccc(S(=O)(=O)N2CCOCC2)cc1N=Cc1cc([N+](=O)[O-])ccc1[O-]. The Morgan fingerprint density at radius 1 is 1.18 bits per heavy atom. The van der Waals surface area contributed by atoms with Crippen molar-refractivity contribution in [3.63, 3.8) is 0 Å². The van der Waals surface area contributed by atoms with E-state index in [2.05, 4.69) is 4.99 Å². The molecule has 2 aromatic carbocycles. The first-order chi connectivity index (χ1) is 13.3. The second-order valence-electron chi connectivity index (χ2n) is 6.20. The van der Waals surface area contributed by atoms with Crippen LogP contribution in [0.5, 0.6) is 5.75 Å². The third-order valence-electron chi connectivity index (χ3n) is 4.34. The third kappa shape index (κ3) is 4.19. The Bertz CT molecular complexity index is 1030. The smallest absolute Gasteiger partial charge is 0.270 e. The number of nitro groups is 1. The number of non-ortho nitro benzene ring substituents is 1. The van der Waals surface area contributed by atoms with Crippen LogP contribution in [0.4, 0.5) is 11.4 Å². The third-order valence-corrected chi connectivity index (χ3v) is 6.23. The number of rotatable bonds is 5. The van der Waals surface area contributed by atoms with E-state index in [1.54, 1.807) is 13.0 Å². The van der Waals surface area contributed by atoms with Gasteiger partial charge in [-0.2, -0.15) is 4.31 Å². The first-order valence-corrected chi connectivity index (χ1v) is 9.91. The molecule has 0 radical (unpaired) electrons. The minimum Gasteiger partial charge on any atom is -0.872 e. The molecule has 0 aromatic heterocycles. The maximum atomic E-state index is 12.8. The zero-order chi connectivity index (χ0) is 20.3. The summed E-state index contributed by atoms with van der Waals surface area (Å²) in [6, 6.07) is 7.93. The maximum absolute atomic E-state index is 12.8. The van der Waals surface area contributed by atoms with Crippen LogP contribution in [0, 0.1) is 17.0 Å². The van der Waals surface area contributed by atoms with E-state index in [1.807, 2.05) is 0 Å². The van der Waals surface area contributed by atoms with Gasteiger partial charge in [0.2, 0.25) is 10.0 Å². The number of morpholine rings is 1. The summed E-state index contributed by atoms with van der Waals surface area (Å²) in [4.78, 5) is 14.6. The van der Waals surface area contributed by atoms with E-state index in [0.717, 1.165) is 18.2 Å². The van der Waals surface area contributed by atoms with Gasteiger partial charge in [0, 0.05) is 31.4 Å². The minimum atomic E-state index is -3.68. The second kappa shape index (κ2) is 8.05. The number of nitrogens with zero attached hydrogens (tertiary/aromatic N) is 3. The van der Waals surface area contributed by atoms with Crippen molar-refractivity contribution in [2.24, 2.45) is 4.99 Å². The van der Waals surface area contributed by atoms with Gasteiger partial charge in [0.05, 0.1) is 28.7 Å². The molecule has 0 amide bonds. The number of hydrogen-bond acceptors (Lipinski definition) is 7. The van der Waals surface area contributed by atoms with Crippen LogP contribution in [0.1, 0.15) is 11.1 Å². The lowest BCUT2D eigenvalue weighted by atomic mass is 10.2. The largest absolute Gasteiger partial charge is 0.872 e. The van der Waals surface area contributed by atoms with Crippen molar-refractivity contribution < 1.29 is 23.2 Å². The Labute approximate surface area is 162 Å². The van der Waals surface area contributed by atoms with E-state index in [-0.39, 0.29) is 29.2 Å². The molecule has 148 valence electrons. The van der Waals surface area contributed by atoms with Gasteiger partial charge < -0.3 is 9.84 Å². The van der Waals surface area contributed by atoms with Crippen molar-refractivity contribution in [1.29, 1.82) is 0 Å². The van der Waals surface area contributed by atoms with Crippen LogP contribution in [-0.4, -0.2) is 50.2 Å². The zero-order valence-electron chi connectivity index (χ0n) is 15.1. The van der Waals surface area contributed by atoms with Crippen LogP contribution < -0.4 is 5.11 Å². The molecule has 0 N–H and O–H groups in total. The van der Waals surface area contributed by atoms with Gasteiger partial charge in [-0.3, -0.25) is 15.1 Å². The second-order valence-corrected chi connectivity index (χ2v) is 8.14. The van der Waals surface area contributed by atoms with Crippen LogP contribution in [0.25, 0.3) is 0 Å². The summed E-state index contributed by atoms with van der Waals surface area (Å²) in [5.41, 5.74) is 0.895. The van der Waals surface area contributed by atoms with Gasteiger partial charge in [0.15, 0.2) is 0 Å². The van der Waals surface area contributed by atoms with E-state index < -0.39 is 20.7 Å². The monoisotopic (exact) mass is 404 g/mol. The van der Waals surface area contributed by atoms with E-state index in [9.17, 15) is 23.6 Å². The predicted molar refractivity (Wildman–Crippen MR) is 101 cm³/mol. The van der Waals surface area contributed by atoms with Crippen molar-refractivity contribution in [1.82, 2.24) is 4.31 Å². The predicted octanol–water partition coefficient (Wildman–Crippen LogP) is 1.75. The molecule has 0 unspecified atom stereocenters. The summed E-state index contributed by atoms with van der Waals surface area (Å²) < 4.78 is 32.1. The fourth-order valence-electron chi connectivity index (χ4n) is 2.71. The number of hydrogen-bond donors (Lipinski definition) is 0. The molecule has 0 aliphatic carbocycles. The fourth-order valence-corrected chi connectivity index (χ4v) is 4.14. The Hall–Kier alpha value is -2.82. The van der Waals surface area contributed by atoms with Crippen molar-refractivity contribution >= 4 is 27.6 Å². The van der Waals surface area contributed by atoms with E-state index in [4.69, 9.17) is 4.74 Å². The van der Waals surface area contributed by atoms with Gasteiger partial charge in [-0.25, -0.2) is 8.42 Å². The fraction of sp³-hybridized carbons (Fsp3) is 0.278. The van der Waals surface area contributed by atoms with Gasteiger partial charge in [-0.1, -0.05) is 17.9 Å². The molecule has 0 saturated carbocycles. The summed E-state index contributed by atoms with van der Waals surface area (Å²) in [5.74, 6) is -0.413. The Morgan fingerprint density at radius 3 is 2.57 bits per heavy atom. The molecule has 28 heavy (non-hydrogen) atoms. The van der Waals surface area contributed by atoms with Crippen molar-refractivity contribution in [2.75, 3.05) is 26.3 Å². The first kappa shape index (κ1) is 19.9. The maximum Gasteiger partial charge on any atom is 0.270 e. The summed E-state index contributed by atoms with van der Waals surface area (Å²) in [7, 11) is -3.68. The average Bonchev–Trinajstić information content (AvgIpc) is 2.68. The molecule has 1 saturated heterocycles. The Kier molecular flexibility index (Phi) is 5.73. The molecular weight excluding hydrogens is 386 g/mol. The van der Waals surface area contributed by atoms with Gasteiger partial charge in [-0.05, 0) is 30.2 Å². The summed E-state index contributed by atoms with van der Waals surface area (Å²) in [5, 5.41) is 22.8. The molecule has 0 atom stereocenters. The summed E-state index contributed by atoms with van der Waals surface area (Å²) >= 11 is 0. The molecule has 3 rings (SSSR count). The van der Waals surface area contributed by atoms with Crippen LogP contribution in [0.3, 0.4) is 0 Å². The van der Waals surface area contributed by atoms with Crippen molar-refractivity contribution in [2.45, 2.75) is 11.8 Å². The van der Waals surface area contributed by atoms with Crippen LogP contribution in [0.2, 0.25) is 0 Å². The van der Waals surface area contributed by atoms with Crippen LogP contribution >= 0.6 is 0 Å². The van der Waals surface area contributed by atoms with E-state index >= 15 is 0 Å². The molecule has 0 bridgehead atoms. The number of ether oxygens (including phenoxy) is 1. The molecule has 2 aromatic rings. The zero-order valence-corrected chi connectivity index (χ0v) is 15.9. The van der Waals surface area contributed by atoms with Crippen molar-refractivity contribution in [3.05, 3.63) is 57.6 Å². The number of aliphatic imine (C=N–C) groups is 1. The van der Waals surface area contributed by atoms with E-state index in [0.29, 0.717) is 24.5 Å². The standard InChI is InChI=1S/C18H19N3O6S/c1-13-2-4-16(28(25,26)20-6-8-27-9-7-20)11-17(13)19-12-14-10-15(21(23)24)3-5-18(14)22/h2-5,10-12,22H,6-9H2,1H3/p-1. The molecule has 9 nitrogen and oxygen atoms in total. The van der Waals surface area contributed by atoms with Crippen LogP contribution in [0.15, 0.2) is 46.3 Å². The first-order valence-electron chi connectivity index (χ1n) is 8.47. The highest BCUT2D eigenvalue weighted by molar-refractivity contribution is 7.89. The number of aryl methyl sites for hydroxylation is 1. The van der Waals surface area contributed by atoms with Crippen molar-refractivity contribution in [3.8, 4) is 5.75 Å². The number of sulfonamides is 1. The normalized spacial score (nSPS) is 15.8. The molecule has 1 heterocycles. The number of nitro benzene ring substituents is 1. The highest BCUT2D eigenvalue weighted by atomic mass is 32.2. The molecule has 10 heteroatoms. The van der Waals surface area contributed by atoms with Gasteiger partial charge >= 0.3 is 0 Å². The lowest BCUT2D eigenvalue weighted by Crippen LogP contribution is -2.40. The van der Waals surface area contributed by atoms with Gasteiger partial charge in [-0.15, -0.1) is 0 Å². The van der Waals surface area contributed by atoms with E-state index in [1.165, 1.54) is 22.7 Å².